The molecule has 0 aromatic rings. The highest BCUT2D eigenvalue weighted by atomic mass is 16.5. The Morgan fingerprint density at radius 3 is 2.07 bits per heavy atom. The summed E-state index contributed by atoms with van der Waals surface area (Å²) in [5.41, 5.74) is 0. The van der Waals surface area contributed by atoms with Crippen LogP contribution in [0.15, 0.2) is 12.3 Å². The molecule has 0 heterocycles. The SMILES string of the molecule is [CH2]OC=CCCCCCCCCCC. The van der Waals surface area contributed by atoms with Crippen LogP contribution in [0, 0.1) is 7.11 Å². The highest BCUT2D eigenvalue weighted by molar-refractivity contribution is 4.72. The quantitative estimate of drug-likeness (QED) is 0.360. The summed E-state index contributed by atoms with van der Waals surface area (Å²) in [5.74, 6) is 0. The molecule has 0 atom stereocenters. The van der Waals surface area contributed by atoms with Gasteiger partial charge in [-0.3, -0.25) is 0 Å². The van der Waals surface area contributed by atoms with E-state index in [1.165, 1.54) is 51.4 Å². The first-order chi connectivity index (χ1) is 6.91. The van der Waals surface area contributed by atoms with E-state index in [1.54, 1.807) is 6.26 Å². The molecule has 0 aliphatic heterocycles. The molecule has 1 heteroatoms. The summed E-state index contributed by atoms with van der Waals surface area (Å²) in [6.07, 6.45) is 15.9. The summed E-state index contributed by atoms with van der Waals surface area (Å²) in [6, 6.07) is 0. The van der Waals surface area contributed by atoms with E-state index in [4.69, 9.17) is 0 Å². The molecule has 0 spiro atoms. The van der Waals surface area contributed by atoms with Crippen molar-refractivity contribution in [2.45, 2.75) is 64.7 Å². The van der Waals surface area contributed by atoms with Crippen molar-refractivity contribution in [1.82, 2.24) is 0 Å². The smallest absolute Gasteiger partial charge is 0.121 e. The predicted octanol–water partition coefficient (Wildman–Crippen LogP) is 4.84. The van der Waals surface area contributed by atoms with E-state index in [1.807, 2.05) is 6.08 Å². The van der Waals surface area contributed by atoms with E-state index in [0.29, 0.717) is 0 Å². The van der Waals surface area contributed by atoms with E-state index in [2.05, 4.69) is 18.8 Å². The lowest BCUT2D eigenvalue weighted by Crippen LogP contribution is -1.79. The highest BCUT2D eigenvalue weighted by Gasteiger charge is 1.89. The average molecular weight is 197 g/mol. The molecule has 0 N–H and O–H groups in total. The second kappa shape index (κ2) is 12.5. The maximum atomic E-state index is 4.58. The van der Waals surface area contributed by atoms with Crippen LogP contribution in [-0.2, 0) is 4.74 Å². The van der Waals surface area contributed by atoms with Gasteiger partial charge in [0.15, 0.2) is 0 Å². The Bertz CT molecular complexity index is 118. The molecule has 1 nitrogen and oxygen atoms in total. The van der Waals surface area contributed by atoms with Gasteiger partial charge in [0, 0.05) is 0 Å². The van der Waals surface area contributed by atoms with E-state index in [9.17, 15) is 0 Å². The normalized spacial score (nSPS) is 11.0. The fourth-order valence-corrected chi connectivity index (χ4v) is 1.53. The Labute approximate surface area is 89.5 Å². The zero-order valence-electron chi connectivity index (χ0n) is 9.63. The van der Waals surface area contributed by atoms with Crippen molar-refractivity contribution < 1.29 is 4.74 Å². The minimum Gasteiger partial charge on any atom is -0.498 e. The average Bonchev–Trinajstić information content (AvgIpc) is 2.21. The summed E-state index contributed by atoms with van der Waals surface area (Å²) in [6.45, 7) is 2.26. The summed E-state index contributed by atoms with van der Waals surface area (Å²) in [5, 5.41) is 0. The second-order valence-corrected chi connectivity index (χ2v) is 3.80. The van der Waals surface area contributed by atoms with Crippen LogP contribution in [0.5, 0.6) is 0 Å². The molecule has 0 fully saturated rings. The van der Waals surface area contributed by atoms with E-state index >= 15 is 0 Å². The molecular formula is C13H25O. The molecule has 0 amide bonds. The first-order valence-electron chi connectivity index (χ1n) is 5.97. The second-order valence-electron chi connectivity index (χ2n) is 3.80. The fraction of sp³-hybridized carbons (Fsp3) is 0.769. The Balaban J connectivity index is 2.88. The van der Waals surface area contributed by atoms with Crippen LogP contribution in [-0.4, -0.2) is 0 Å². The van der Waals surface area contributed by atoms with Gasteiger partial charge in [0.2, 0.25) is 0 Å². The number of rotatable bonds is 10. The third-order valence-electron chi connectivity index (χ3n) is 2.42. The standard InChI is InChI=1S/C13H25O/c1-3-4-5-6-7-8-9-10-11-12-13-14-2/h12-13H,2-11H2,1H3. The molecule has 14 heavy (non-hydrogen) atoms. The van der Waals surface area contributed by atoms with Gasteiger partial charge in [-0.15, -0.1) is 0 Å². The fourth-order valence-electron chi connectivity index (χ4n) is 1.53. The van der Waals surface area contributed by atoms with Gasteiger partial charge in [0.25, 0.3) is 0 Å². The topological polar surface area (TPSA) is 9.23 Å². The van der Waals surface area contributed by atoms with Gasteiger partial charge >= 0.3 is 0 Å². The Hall–Kier alpha value is -0.460. The van der Waals surface area contributed by atoms with E-state index < -0.39 is 0 Å². The molecule has 0 aromatic heterocycles. The molecule has 83 valence electrons. The molecule has 0 rings (SSSR count). The van der Waals surface area contributed by atoms with Gasteiger partial charge in [-0.05, 0) is 18.9 Å². The van der Waals surface area contributed by atoms with Crippen LogP contribution in [0.1, 0.15) is 64.7 Å². The van der Waals surface area contributed by atoms with Crippen molar-refractivity contribution in [2.75, 3.05) is 0 Å². The molecule has 0 aliphatic rings. The lowest BCUT2D eigenvalue weighted by Gasteiger charge is -1.99. The number of unbranched alkanes of at least 4 members (excludes halogenated alkanes) is 8. The lowest BCUT2D eigenvalue weighted by atomic mass is 10.1. The summed E-state index contributed by atoms with van der Waals surface area (Å²) in [4.78, 5) is 0. The number of ether oxygens (including phenoxy) is 1. The van der Waals surface area contributed by atoms with E-state index in [-0.39, 0.29) is 0 Å². The zero-order chi connectivity index (χ0) is 10.5. The summed E-state index contributed by atoms with van der Waals surface area (Å²) < 4.78 is 4.58. The number of hydrogen-bond donors (Lipinski definition) is 0. The van der Waals surface area contributed by atoms with Crippen LogP contribution < -0.4 is 0 Å². The van der Waals surface area contributed by atoms with Crippen molar-refractivity contribution in [2.24, 2.45) is 0 Å². The third kappa shape index (κ3) is 11.5. The molecule has 0 aromatic carbocycles. The summed E-state index contributed by atoms with van der Waals surface area (Å²) in [7, 11) is 3.27. The zero-order valence-corrected chi connectivity index (χ0v) is 9.63. The monoisotopic (exact) mass is 197 g/mol. The van der Waals surface area contributed by atoms with Gasteiger partial charge < -0.3 is 4.74 Å². The number of hydrogen-bond acceptors (Lipinski definition) is 1. The minimum absolute atomic E-state index is 1.13. The van der Waals surface area contributed by atoms with Gasteiger partial charge in [-0.1, -0.05) is 51.9 Å². The van der Waals surface area contributed by atoms with Crippen LogP contribution in [0.4, 0.5) is 0 Å². The molecule has 0 unspecified atom stereocenters. The number of allylic oxidation sites excluding steroid dienone is 1. The van der Waals surface area contributed by atoms with Gasteiger partial charge in [-0.25, -0.2) is 0 Å². The first-order valence-corrected chi connectivity index (χ1v) is 5.97. The molecule has 0 saturated carbocycles. The Kier molecular flexibility index (Phi) is 12.1. The maximum absolute atomic E-state index is 4.58. The molecule has 0 aliphatic carbocycles. The summed E-state index contributed by atoms with van der Waals surface area (Å²) >= 11 is 0. The largest absolute Gasteiger partial charge is 0.498 e. The van der Waals surface area contributed by atoms with Crippen LogP contribution in [0.3, 0.4) is 0 Å². The molecular weight excluding hydrogens is 172 g/mol. The van der Waals surface area contributed by atoms with Gasteiger partial charge in [0.1, 0.15) is 7.11 Å². The minimum atomic E-state index is 1.13. The van der Waals surface area contributed by atoms with Crippen LogP contribution in [0.2, 0.25) is 0 Å². The molecule has 0 bridgehead atoms. The van der Waals surface area contributed by atoms with Crippen molar-refractivity contribution in [3.63, 3.8) is 0 Å². The Morgan fingerprint density at radius 1 is 0.929 bits per heavy atom. The van der Waals surface area contributed by atoms with Crippen LogP contribution >= 0.6 is 0 Å². The third-order valence-corrected chi connectivity index (χ3v) is 2.42. The van der Waals surface area contributed by atoms with Crippen molar-refractivity contribution >= 4 is 0 Å². The predicted molar refractivity (Wildman–Crippen MR) is 62.8 cm³/mol. The highest BCUT2D eigenvalue weighted by Crippen LogP contribution is 2.09. The van der Waals surface area contributed by atoms with Gasteiger partial charge in [0.05, 0.1) is 6.26 Å². The van der Waals surface area contributed by atoms with Crippen molar-refractivity contribution in [1.29, 1.82) is 0 Å². The van der Waals surface area contributed by atoms with E-state index in [0.717, 1.165) is 6.42 Å². The lowest BCUT2D eigenvalue weighted by molar-refractivity contribution is 0.391. The molecule has 0 saturated heterocycles. The van der Waals surface area contributed by atoms with Crippen molar-refractivity contribution in [3.05, 3.63) is 19.4 Å². The maximum Gasteiger partial charge on any atom is 0.121 e. The van der Waals surface area contributed by atoms with Crippen LogP contribution in [0.25, 0.3) is 0 Å². The Morgan fingerprint density at radius 2 is 1.50 bits per heavy atom. The van der Waals surface area contributed by atoms with Gasteiger partial charge in [-0.2, -0.15) is 0 Å². The molecule has 1 radical (unpaired) electrons. The first kappa shape index (κ1) is 13.5. The van der Waals surface area contributed by atoms with Crippen molar-refractivity contribution in [3.8, 4) is 0 Å².